The molecule has 0 aliphatic rings. The van der Waals surface area contributed by atoms with Crippen molar-refractivity contribution in [3.63, 3.8) is 0 Å². The topological polar surface area (TPSA) is 153 Å². The maximum Gasteiger partial charge on any atom is 0.416 e. The SMILES string of the molecule is N#Cc1cccc(-c2ccc3c4ccc(-c5cccc(C#N)c5)cc4n(-c4cc(-c5ccc(C(F)(F)F)cc5C#N)c(-n5c6cc(-c7cccc(C#N)c7)ccc6c6ccc(-c7cccc(C#N)c7)cc65)cc4C#N)c3c2)c1. The van der Waals surface area contributed by atoms with E-state index in [1.807, 2.05) is 106 Å². The molecule has 2 heterocycles. The Morgan fingerprint density at radius 2 is 0.641 bits per heavy atom. The van der Waals surface area contributed by atoms with Crippen molar-refractivity contribution in [2.45, 2.75) is 6.18 Å². The zero-order valence-electron chi connectivity index (χ0n) is 40.8. The molecule has 2 aromatic heterocycles. The van der Waals surface area contributed by atoms with Gasteiger partial charge in [0, 0.05) is 32.7 Å². The van der Waals surface area contributed by atoms with E-state index in [1.165, 1.54) is 6.07 Å². The van der Waals surface area contributed by atoms with Crippen molar-refractivity contribution in [2.75, 3.05) is 0 Å². The molecule has 0 amide bonds. The van der Waals surface area contributed by atoms with Gasteiger partial charge in [0.1, 0.15) is 6.07 Å². The van der Waals surface area contributed by atoms with E-state index < -0.39 is 11.7 Å². The van der Waals surface area contributed by atoms with Crippen LogP contribution in [0.2, 0.25) is 0 Å². The fourth-order valence-corrected chi connectivity index (χ4v) is 10.6. The average Bonchev–Trinajstić information content (AvgIpc) is 4.23. The normalized spacial score (nSPS) is 11.2. The molecule has 11 heteroatoms. The number of halogens is 3. The van der Waals surface area contributed by atoms with Crippen LogP contribution in [0.15, 0.2) is 200 Å². The standard InChI is InChI=1S/C67H33F3N8/c68-67(69,70)54-17-22-55(52(27-54)38-75)60-33-61(77-62-28-48(44-9-1-5-40(23-44)34-71)13-18-56(62)57-19-14-49(29-63(57)77)45-10-2-6-41(24-45)35-72)53(39-76)32-66(60)78-64-30-50(46-11-3-7-42(25-46)36-73)15-20-58(64)59-21-16-51(31-65(59)78)47-12-4-8-43(26-47)37-74/h1-33H. The lowest BCUT2D eigenvalue weighted by Gasteiger charge is -2.20. The first kappa shape index (κ1) is 47.5. The van der Waals surface area contributed by atoms with Gasteiger partial charge in [0.25, 0.3) is 0 Å². The summed E-state index contributed by atoms with van der Waals surface area (Å²) in [5, 5.41) is 65.2. The summed E-state index contributed by atoms with van der Waals surface area (Å²) in [6, 6.07) is 72.5. The molecule has 0 spiro atoms. The first-order chi connectivity index (χ1) is 38.0. The smallest absolute Gasteiger partial charge is 0.309 e. The summed E-state index contributed by atoms with van der Waals surface area (Å²) in [6.07, 6.45) is -4.77. The molecule has 12 aromatic rings. The number of nitriles is 6. The van der Waals surface area contributed by atoms with Crippen LogP contribution in [0.25, 0.3) is 111 Å². The first-order valence-electron chi connectivity index (χ1n) is 24.4. The molecule has 0 unspecified atom stereocenters. The Morgan fingerprint density at radius 1 is 0.295 bits per heavy atom. The minimum atomic E-state index is -4.77. The molecule has 0 atom stereocenters. The van der Waals surface area contributed by atoms with Crippen LogP contribution in [0.5, 0.6) is 0 Å². The predicted octanol–water partition coefficient (Wildman–Crippen LogP) is 16.5. The van der Waals surface area contributed by atoms with Crippen LogP contribution in [0.3, 0.4) is 0 Å². The maximum atomic E-state index is 14.6. The molecule has 362 valence electrons. The van der Waals surface area contributed by atoms with Gasteiger partial charge in [-0.15, -0.1) is 0 Å². The molecule has 0 fully saturated rings. The Morgan fingerprint density at radius 3 is 0.974 bits per heavy atom. The van der Waals surface area contributed by atoms with Crippen molar-refractivity contribution >= 4 is 43.6 Å². The molecular formula is C67H33F3N8. The second kappa shape index (κ2) is 18.8. The van der Waals surface area contributed by atoms with Gasteiger partial charge in [0.15, 0.2) is 0 Å². The third kappa shape index (κ3) is 8.08. The van der Waals surface area contributed by atoms with E-state index >= 15 is 0 Å². The van der Waals surface area contributed by atoms with Gasteiger partial charge < -0.3 is 9.13 Å². The Bertz CT molecular complexity index is 4590. The number of fused-ring (bicyclic) bond motifs is 6. The summed E-state index contributed by atoms with van der Waals surface area (Å²) < 4.78 is 47.6. The Labute approximate surface area is 444 Å². The Kier molecular flexibility index (Phi) is 11.4. The van der Waals surface area contributed by atoms with E-state index in [0.29, 0.717) is 61.3 Å². The fourth-order valence-electron chi connectivity index (χ4n) is 10.6. The van der Waals surface area contributed by atoms with E-state index in [2.05, 4.69) is 36.4 Å². The van der Waals surface area contributed by atoms with Crippen LogP contribution in [-0.2, 0) is 6.18 Å². The largest absolute Gasteiger partial charge is 0.416 e. The molecule has 0 bridgehead atoms. The number of nitrogens with zero attached hydrogens (tertiary/aromatic N) is 8. The average molecular weight is 1010 g/mol. The van der Waals surface area contributed by atoms with Crippen LogP contribution in [-0.4, -0.2) is 9.13 Å². The third-order valence-corrected chi connectivity index (χ3v) is 14.3. The highest BCUT2D eigenvalue weighted by molar-refractivity contribution is 6.13. The second-order valence-corrected chi connectivity index (χ2v) is 18.7. The quantitative estimate of drug-likeness (QED) is 0.155. The molecule has 8 nitrogen and oxygen atoms in total. The molecular weight excluding hydrogens is 974 g/mol. The number of alkyl halides is 3. The van der Waals surface area contributed by atoms with Crippen molar-refractivity contribution in [3.8, 4) is 103 Å². The van der Waals surface area contributed by atoms with E-state index in [0.717, 1.165) is 78.2 Å². The number of hydrogen-bond acceptors (Lipinski definition) is 6. The summed E-state index contributed by atoms with van der Waals surface area (Å²) in [5.41, 5.74) is 10.7. The van der Waals surface area contributed by atoms with Gasteiger partial charge >= 0.3 is 6.18 Å². The lowest BCUT2D eigenvalue weighted by Crippen LogP contribution is -2.07. The van der Waals surface area contributed by atoms with Gasteiger partial charge in [-0.05, 0) is 142 Å². The summed E-state index contributed by atoms with van der Waals surface area (Å²) in [7, 11) is 0. The minimum absolute atomic E-state index is 0.167. The number of benzene rings is 10. The zero-order valence-corrected chi connectivity index (χ0v) is 40.8. The molecule has 0 aliphatic carbocycles. The lowest BCUT2D eigenvalue weighted by molar-refractivity contribution is -0.137. The van der Waals surface area contributed by atoms with Gasteiger partial charge in [-0.2, -0.15) is 44.7 Å². The van der Waals surface area contributed by atoms with Gasteiger partial charge in [0.05, 0.1) is 103 Å². The van der Waals surface area contributed by atoms with Gasteiger partial charge in [-0.3, -0.25) is 0 Å². The van der Waals surface area contributed by atoms with Crippen molar-refractivity contribution in [1.29, 1.82) is 31.6 Å². The van der Waals surface area contributed by atoms with E-state index in [9.17, 15) is 44.7 Å². The van der Waals surface area contributed by atoms with Crippen LogP contribution in [0.4, 0.5) is 13.2 Å². The van der Waals surface area contributed by atoms with Crippen LogP contribution in [0.1, 0.15) is 38.9 Å². The van der Waals surface area contributed by atoms with Crippen molar-refractivity contribution in [3.05, 3.63) is 239 Å². The lowest BCUT2D eigenvalue weighted by atomic mass is 9.94. The Hall–Kier alpha value is -11.5. The molecule has 12 rings (SSSR count). The summed E-state index contributed by atoms with van der Waals surface area (Å²) >= 11 is 0. The molecule has 0 saturated carbocycles. The summed E-state index contributed by atoms with van der Waals surface area (Å²) in [6.45, 7) is 0. The van der Waals surface area contributed by atoms with Crippen molar-refractivity contribution in [2.24, 2.45) is 0 Å². The summed E-state index contributed by atoms with van der Waals surface area (Å²) in [5.74, 6) is 0. The van der Waals surface area contributed by atoms with Crippen LogP contribution >= 0.6 is 0 Å². The highest BCUT2D eigenvalue weighted by Gasteiger charge is 2.32. The van der Waals surface area contributed by atoms with Crippen molar-refractivity contribution in [1.82, 2.24) is 9.13 Å². The Balaban J connectivity index is 1.23. The number of rotatable bonds is 7. The van der Waals surface area contributed by atoms with Crippen LogP contribution < -0.4 is 0 Å². The maximum absolute atomic E-state index is 14.6. The third-order valence-electron chi connectivity index (χ3n) is 14.3. The molecule has 78 heavy (non-hydrogen) atoms. The molecule has 0 N–H and O–H groups in total. The zero-order chi connectivity index (χ0) is 53.8. The highest BCUT2D eigenvalue weighted by Crippen LogP contribution is 2.45. The predicted molar refractivity (Wildman–Crippen MR) is 296 cm³/mol. The van der Waals surface area contributed by atoms with Gasteiger partial charge in [-0.1, -0.05) is 103 Å². The summed E-state index contributed by atoms with van der Waals surface area (Å²) in [4.78, 5) is 0. The second-order valence-electron chi connectivity index (χ2n) is 18.7. The molecule has 0 aliphatic heterocycles. The van der Waals surface area contributed by atoms with Crippen molar-refractivity contribution < 1.29 is 13.2 Å². The molecule has 10 aromatic carbocycles. The van der Waals surface area contributed by atoms with Crippen LogP contribution in [0, 0.1) is 68.0 Å². The number of aromatic nitrogens is 2. The highest BCUT2D eigenvalue weighted by atomic mass is 19.4. The monoisotopic (exact) mass is 1010 g/mol. The van der Waals surface area contributed by atoms with E-state index in [1.54, 1.807) is 84.9 Å². The minimum Gasteiger partial charge on any atom is -0.309 e. The van der Waals surface area contributed by atoms with Gasteiger partial charge in [0.2, 0.25) is 0 Å². The first-order valence-corrected chi connectivity index (χ1v) is 24.4. The fraction of sp³-hybridized carbons (Fsp3) is 0.0149. The van der Waals surface area contributed by atoms with Gasteiger partial charge in [-0.25, -0.2) is 0 Å². The van der Waals surface area contributed by atoms with E-state index in [4.69, 9.17) is 0 Å². The molecule has 0 saturated heterocycles. The number of hydrogen-bond donors (Lipinski definition) is 0. The molecule has 0 radical (unpaired) electrons. The van der Waals surface area contributed by atoms with E-state index in [-0.39, 0.29) is 16.7 Å².